The van der Waals surface area contributed by atoms with E-state index in [1.54, 1.807) is 19.6 Å². The minimum Gasteiger partial charge on any atom is -0.496 e. The summed E-state index contributed by atoms with van der Waals surface area (Å²) in [5.74, 6) is 0.896. The topological polar surface area (TPSA) is 34.4 Å². The molecule has 0 bridgehead atoms. The third kappa shape index (κ3) is 2.74. The molecule has 3 heteroatoms. The summed E-state index contributed by atoms with van der Waals surface area (Å²) in [6, 6.07) is 10.2. The molecule has 0 amide bonds. The predicted molar refractivity (Wildman–Crippen MR) is 71.8 cm³/mol. The van der Waals surface area contributed by atoms with Crippen LogP contribution in [-0.4, -0.2) is 13.7 Å². The second kappa shape index (κ2) is 6.26. The maximum absolute atomic E-state index is 5.43. The molecule has 1 aromatic carbocycles. The molecule has 0 saturated heterocycles. The van der Waals surface area contributed by atoms with Crippen molar-refractivity contribution in [2.75, 3.05) is 13.7 Å². The fourth-order valence-corrected chi connectivity index (χ4v) is 2.04. The highest BCUT2D eigenvalue weighted by Gasteiger charge is 2.17. The molecular weight excluding hydrogens is 226 g/mol. The zero-order valence-electron chi connectivity index (χ0n) is 10.8. The molecule has 0 aliphatic rings. The van der Waals surface area contributed by atoms with Crippen molar-refractivity contribution in [1.82, 2.24) is 5.32 Å². The predicted octanol–water partition coefficient (Wildman–Crippen LogP) is 3.38. The molecule has 1 aromatic heterocycles. The van der Waals surface area contributed by atoms with Crippen molar-refractivity contribution in [1.29, 1.82) is 0 Å². The lowest BCUT2D eigenvalue weighted by Gasteiger charge is -2.20. The van der Waals surface area contributed by atoms with Crippen LogP contribution in [0, 0.1) is 0 Å². The molecule has 1 unspecified atom stereocenters. The molecule has 1 N–H and O–H groups in total. The van der Waals surface area contributed by atoms with Crippen molar-refractivity contribution in [3.8, 4) is 5.75 Å². The van der Waals surface area contributed by atoms with Crippen molar-refractivity contribution < 1.29 is 9.15 Å². The summed E-state index contributed by atoms with van der Waals surface area (Å²) < 4.78 is 10.6. The van der Waals surface area contributed by atoms with Crippen LogP contribution in [0.5, 0.6) is 5.75 Å². The molecule has 0 saturated carbocycles. The molecule has 96 valence electrons. The van der Waals surface area contributed by atoms with Gasteiger partial charge in [-0.05, 0) is 25.1 Å². The number of hydrogen-bond acceptors (Lipinski definition) is 3. The lowest BCUT2D eigenvalue weighted by atomic mass is 10.00. The molecule has 1 heterocycles. The molecule has 18 heavy (non-hydrogen) atoms. The first-order valence-corrected chi connectivity index (χ1v) is 6.25. The molecule has 0 aliphatic heterocycles. The van der Waals surface area contributed by atoms with E-state index >= 15 is 0 Å². The van der Waals surface area contributed by atoms with E-state index in [9.17, 15) is 0 Å². The number of para-hydroxylation sites is 1. The monoisotopic (exact) mass is 245 g/mol. The number of furan rings is 1. The normalized spacial score (nSPS) is 12.3. The number of hydrogen-bond donors (Lipinski definition) is 1. The number of methoxy groups -OCH3 is 1. The minimum absolute atomic E-state index is 0.111. The standard InChI is InChI=1S/C15H19NO2/c1-3-9-16-15(12-8-10-18-11-12)13-6-4-5-7-14(13)17-2/h4-8,10-11,15-16H,3,9H2,1-2H3. The smallest absolute Gasteiger partial charge is 0.123 e. The summed E-state index contributed by atoms with van der Waals surface area (Å²) in [5.41, 5.74) is 2.25. The van der Waals surface area contributed by atoms with Crippen molar-refractivity contribution in [2.24, 2.45) is 0 Å². The number of rotatable bonds is 6. The van der Waals surface area contributed by atoms with Gasteiger partial charge in [0.1, 0.15) is 5.75 Å². The first-order valence-electron chi connectivity index (χ1n) is 6.25. The van der Waals surface area contributed by atoms with Crippen LogP contribution in [0.3, 0.4) is 0 Å². The first kappa shape index (κ1) is 12.7. The maximum atomic E-state index is 5.43. The molecule has 3 nitrogen and oxygen atoms in total. The Kier molecular flexibility index (Phi) is 4.42. The third-order valence-corrected chi connectivity index (χ3v) is 2.92. The van der Waals surface area contributed by atoms with Gasteiger partial charge in [-0.3, -0.25) is 0 Å². The average Bonchev–Trinajstić information content (AvgIpc) is 2.94. The quantitative estimate of drug-likeness (QED) is 0.847. The minimum atomic E-state index is 0.111. The van der Waals surface area contributed by atoms with E-state index in [0.717, 1.165) is 29.8 Å². The van der Waals surface area contributed by atoms with Gasteiger partial charge < -0.3 is 14.5 Å². The Morgan fingerprint density at radius 3 is 2.78 bits per heavy atom. The van der Waals surface area contributed by atoms with E-state index in [2.05, 4.69) is 18.3 Å². The van der Waals surface area contributed by atoms with E-state index in [1.165, 1.54) is 0 Å². The van der Waals surface area contributed by atoms with Gasteiger partial charge in [-0.15, -0.1) is 0 Å². The fourth-order valence-electron chi connectivity index (χ4n) is 2.04. The van der Waals surface area contributed by atoms with Crippen LogP contribution < -0.4 is 10.1 Å². The molecule has 0 spiro atoms. The van der Waals surface area contributed by atoms with E-state index in [1.807, 2.05) is 24.3 Å². The highest BCUT2D eigenvalue weighted by Crippen LogP contribution is 2.29. The zero-order valence-corrected chi connectivity index (χ0v) is 10.8. The van der Waals surface area contributed by atoms with Gasteiger partial charge in [0.05, 0.1) is 25.7 Å². The SMILES string of the molecule is CCCNC(c1ccoc1)c1ccccc1OC. The Morgan fingerprint density at radius 2 is 2.11 bits per heavy atom. The van der Waals surface area contributed by atoms with E-state index in [4.69, 9.17) is 9.15 Å². The van der Waals surface area contributed by atoms with Gasteiger partial charge in [0, 0.05) is 11.1 Å². The van der Waals surface area contributed by atoms with Crippen LogP contribution >= 0.6 is 0 Å². The number of benzene rings is 1. The van der Waals surface area contributed by atoms with Crippen molar-refractivity contribution in [2.45, 2.75) is 19.4 Å². The summed E-state index contributed by atoms with van der Waals surface area (Å²) >= 11 is 0. The number of nitrogens with one attached hydrogen (secondary N) is 1. The zero-order chi connectivity index (χ0) is 12.8. The molecule has 0 aliphatic carbocycles. The van der Waals surface area contributed by atoms with Crippen LogP contribution in [-0.2, 0) is 0 Å². The van der Waals surface area contributed by atoms with Crippen LogP contribution in [0.4, 0.5) is 0 Å². The van der Waals surface area contributed by atoms with Gasteiger partial charge in [-0.1, -0.05) is 25.1 Å². The lowest BCUT2D eigenvalue weighted by molar-refractivity contribution is 0.403. The highest BCUT2D eigenvalue weighted by atomic mass is 16.5. The molecule has 1 atom stereocenters. The highest BCUT2D eigenvalue weighted by molar-refractivity contribution is 5.40. The van der Waals surface area contributed by atoms with E-state index in [-0.39, 0.29) is 6.04 Å². The second-order valence-electron chi connectivity index (χ2n) is 4.19. The average molecular weight is 245 g/mol. The molecule has 0 radical (unpaired) electrons. The summed E-state index contributed by atoms with van der Waals surface area (Å²) in [6.45, 7) is 3.11. The molecule has 2 aromatic rings. The largest absolute Gasteiger partial charge is 0.496 e. The Hall–Kier alpha value is -1.74. The summed E-state index contributed by atoms with van der Waals surface area (Å²) in [4.78, 5) is 0. The summed E-state index contributed by atoms with van der Waals surface area (Å²) in [6.07, 6.45) is 4.56. The summed E-state index contributed by atoms with van der Waals surface area (Å²) in [5, 5.41) is 3.52. The van der Waals surface area contributed by atoms with Gasteiger partial charge in [0.25, 0.3) is 0 Å². The first-order chi connectivity index (χ1) is 8.86. The molecule has 0 fully saturated rings. The molecule has 2 rings (SSSR count). The van der Waals surface area contributed by atoms with Crippen molar-refractivity contribution >= 4 is 0 Å². The third-order valence-electron chi connectivity index (χ3n) is 2.92. The molecular formula is C15H19NO2. The van der Waals surface area contributed by atoms with Gasteiger partial charge in [-0.25, -0.2) is 0 Å². The lowest BCUT2D eigenvalue weighted by Crippen LogP contribution is -2.23. The van der Waals surface area contributed by atoms with E-state index in [0.29, 0.717) is 0 Å². The Balaban J connectivity index is 2.33. The second-order valence-corrected chi connectivity index (χ2v) is 4.19. The van der Waals surface area contributed by atoms with Gasteiger partial charge in [-0.2, -0.15) is 0 Å². The van der Waals surface area contributed by atoms with E-state index < -0.39 is 0 Å². The van der Waals surface area contributed by atoms with Crippen LogP contribution in [0.15, 0.2) is 47.3 Å². The maximum Gasteiger partial charge on any atom is 0.123 e. The van der Waals surface area contributed by atoms with Gasteiger partial charge in [0.2, 0.25) is 0 Å². The van der Waals surface area contributed by atoms with Crippen LogP contribution in [0.25, 0.3) is 0 Å². The Bertz CT molecular complexity index is 465. The Labute approximate surface area is 108 Å². The van der Waals surface area contributed by atoms with Crippen LogP contribution in [0.2, 0.25) is 0 Å². The van der Waals surface area contributed by atoms with Crippen LogP contribution in [0.1, 0.15) is 30.5 Å². The summed E-state index contributed by atoms with van der Waals surface area (Å²) in [7, 11) is 1.70. The number of ether oxygens (including phenoxy) is 1. The van der Waals surface area contributed by atoms with Gasteiger partial charge in [0.15, 0.2) is 0 Å². The fraction of sp³-hybridized carbons (Fsp3) is 0.333. The Morgan fingerprint density at radius 1 is 1.28 bits per heavy atom. The van der Waals surface area contributed by atoms with Crippen molar-refractivity contribution in [3.05, 3.63) is 54.0 Å². The van der Waals surface area contributed by atoms with Gasteiger partial charge >= 0.3 is 0 Å². The van der Waals surface area contributed by atoms with Crippen molar-refractivity contribution in [3.63, 3.8) is 0 Å².